The number of benzene rings is 2. The van der Waals surface area contributed by atoms with Crippen molar-refractivity contribution in [2.45, 2.75) is 19.8 Å². The molecular formula is C20H19N. The van der Waals surface area contributed by atoms with Crippen molar-refractivity contribution in [2.75, 3.05) is 0 Å². The molecular weight excluding hydrogens is 254 g/mol. The molecule has 1 nitrogen and oxygen atoms in total. The molecule has 1 aliphatic heterocycles. The number of nitrogens with zero attached hydrogens (tertiary/aromatic N) is 1. The fraction of sp³-hybridized carbons (Fsp3) is 0.150. The van der Waals surface area contributed by atoms with E-state index in [1.54, 1.807) is 0 Å². The van der Waals surface area contributed by atoms with E-state index in [-0.39, 0.29) is 0 Å². The van der Waals surface area contributed by atoms with Crippen LogP contribution in [0.5, 0.6) is 0 Å². The van der Waals surface area contributed by atoms with Crippen LogP contribution in [-0.4, -0.2) is 5.71 Å². The molecule has 0 spiro atoms. The molecule has 1 aliphatic rings. The summed E-state index contributed by atoms with van der Waals surface area (Å²) in [6, 6.07) is 20.9. The van der Waals surface area contributed by atoms with E-state index in [0.717, 1.165) is 18.5 Å². The third-order valence-corrected chi connectivity index (χ3v) is 3.65. The Morgan fingerprint density at radius 2 is 1.43 bits per heavy atom. The summed E-state index contributed by atoms with van der Waals surface area (Å²) in [5.74, 6) is 0. The molecule has 2 aromatic carbocycles. The predicted octanol–water partition coefficient (Wildman–Crippen LogP) is 5.37. The van der Waals surface area contributed by atoms with Crippen molar-refractivity contribution in [3.8, 4) is 0 Å². The molecule has 0 radical (unpaired) electrons. The van der Waals surface area contributed by atoms with Gasteiger partial charge in [0.15, 0.2) is 0 Å². The molecule has 0 saturated carbocycles. The van der Waals surface area contributed by atoms with E-state index >= 15 is 0 Å². The van der Waals surface area contributed by atoms with E-state index in [1.807, 2.05) is 6.07 Å². The highest BCUT2D eigenvalue weighted by molar-refractivity contribution is 5.92. The minimum atomic E-state index is 1.01. The van der Waals surface area contributed by atoms with Gasteiger partial charge in [-0.2, -0.15) is 0 Å². The zero-order chi connectivity index (χ0) is 14.5. The molecule has 1 heteroatoms. The molecule has 0 bridgehead atoms. The number of aliphatic imine (C=N–C) groups is 1. The van der Waals surface area contributed by atoms with Gasteiger partial charge in [0.2, 0.25) is 0 Å². The van der Waals surface area contributed by atoms with Crippen LogP contribution in [0.25, 0.3) is 11.3 Å². The van der Waals surface area contributed by atoms with Gasteiger partial charge in [-0.05, 0) is 37.0 Å². The maximum atomic E-state index is 4.82. The molecule has 0 saturated heterocycles. The van der Waals surface area contributed by atoms with Gasteiger partial charge in [0.1, 0.15) is 0 Å². The Bertz CT molecular complexity index is 691. The summed E-state index contributed by atoms with van der Waals surface area (Å²) in [5, 5.41) is 0. The fourth-order valence-corrected chi connectivity index (χ4v) is 2.53. The average molecular weight is 273 g/mol. The molecule has 3 rings (SSSR count). The second-order valence-corrected chi connectivity index (χ2v) is 5.31. The van der Waals surface area contributed by atoms with Crippen molar-refractivity contribution in [1.82, 2.24) is 0 Å². The van der Waals surface area contributed by atoms with Crippen LogP contribution in [0.1, 0.15) is 30.9 Å². The predicted molar refractivity (Wildman–Crippen MR) is 91.2 cm³/mol. The van der Waals surface area contributed by atoms with Crippen LogP contribution in [0.4, 0.5) is 0 Å². The largest absolute Gasteiger partial charge is 0.257 e. The van der Waals surface area contributed by atoms with E-state index in [0.29, 0.717) is 0 Å². The Labute approximate surface area is 126 Å². The van der Waals surface area contributed by atoms with Crippen LogP contribution in [-0.2, 0) is 0 Å². The van der Waals surface area contributed by atoms with Gasteiger partial charge in [-0.1, -0.05) is 66.7 Å². The number of hydrogen-bond donors (Lipinski definition) is 0. The molecule has 0 aliphatic carbocycles. The summed E-state index contributed by atoms with van der Waals surface area (Å²) in [4.78, 5) is 4.82. The summed E-state index contributed by atoms with van der Waals surface area (Å²) < 4.78 is 0. The standard InChI is InChI=1S/C20H19N/c1-16-9-8-14-19(17-10-4-2-5-11-17)15-20(21-16)18-12-6-3-7-13-18/h2-7,10-15H,8-9H2,1H3/b19-14+,20-15-,21-16?. The summed E-state index contributed by atoms with van der Waals surface area (Å²) in [5.41, 5.74) is 5.91. The normalized spacial score (nSPS) is 20.3. The van der Waals surface area contributed by atoms with E-state index in [2.05, 4.69) is 73.7 Å². The highest BCUT2D eigenvalue weighted by Crippen LogP contribution is 2.26. The minimum Gasteiger partial charge on any atom is -0.257 e. The van der Waals surface area contributed by atoms with Crippen LogP contribution in [0.15, 0.2) is 77.8 Å². The fourth-order valence-electron chi connectivity index (χ4n) is 2.53. The number of rotatable bonds is 2. The van der Waals surface area contributed by atoms with Crippen molar-refractivity contribution in [3.63, 3.8) is 0 Å². The minimum absolute atomic E-state index is 1.01. The lowest BCUT2D eigenvalue weighted by Gasteiger charge is -2.11. The van der Waals surface area contributed by atoms with Crippen LogP contribution in [0.2, 0.25) is 0 Å². The first kappa shape index (κ1) is 13.6. The molecule has 0 aromatic heterocycles. The van der Waals surface area contributed by atoms with Crippen molar-refractivity contribution in [3.05, 3.63) is 83.9 Å². The summed E-state index contributed by atoms with van der Waals surface area (Å²) >= 11 is 0. The van der Waals surface area contributed by atoms with Gasteiger partial charge >= 0.3 is 0 Å². The Balaban J connectivity index is 2.07. The molecule has 0 fully saturated rings. The summed E-state index contributed by atoms with van der Waals surface area (Å²) in [6.45, 7) is 2.11. The molecule has 21 heavy (non-hydrogen) atoms. The van der Waals surface area contributed by atoms with E-state index in [1.165, 1.54) is 22.4 Å². The molecule has 1 heterocycles. The maximum Gasteiger partial charge on any atom is 0.0707 e. The lowest BCUT2D eigenvalue weighted by atomic mass is 9.99. The van der Waals surface area contributed by atoms with Crippen molar-refractivity contribution < 1.29 is 0 Å². The lowest BCUT2D eigenvalue weighted by molar-refractivity contribution is 1.08. The zero-order valence-electron chi connectivity index (χ0n) is 12.3. The Hall–Kier alpha value is -2.41. The second-order valence-electron chi connectivity index (χ2n) is 5.31. The first-order chi connectivity index (χ1) is 10.3. The smallest absolute Gasteiger partial charge is 0.0707 e. The third-order valence-electron chi connectivity index (χ3n) is 3.65. The topological polar surface area (TPSA) is 12.4 Å². The third kappa shape index (κ3) is 3.38. The van der Waals surface area contributed by atoms with Gasteiger partial charge in [-0.15, -0.1) is 0 Å². The van der Waals surface area contributed by atoms with Gasteiger partial charge in [-0.25, -0.2) is 0 Å². The molecule has 0 atom stereocenters. The molecule has 2 aromatic rings. The van der Waals surface area contributed by atoms with Crippen LogP contribution >= 0.6 is 0 Å². The Morgan fingerprint density at radius 3 is 2.10 bits per heavy atom. The van der Waals surface area contributed by atoms with Crippen LogP contribution in [0.3, 0.4) is 0 Å². The monoisotopic (exact) mass is 273 g/mol. The summed E-state index contributed by atoms with van der Waals surface area (Å²) in [7, 11) is 0. The van der Waals surface area contributed by atoms with Gasteiger partial charge < -0.3 is 0 Å². The maximum absolute atomic E-state index is 4.82. The Morgan fingerprint density at radius 1 is 0.810 bits per heavy atom. The average Bonchev–Trinajstić information content (AvgIpc) is 2.52. The lowest BCUT2D eigenvalue weighted by Crippen LogP contribution is -1.96. The van der Waals surface area contributed by atoms with Gasteiger partial charge in [-0.3, -0.25) is 4.99 Å². The van der Waals surface area contributed by atoms with Crippen molar-refractivity contribution >= 4 is 17.0 Å². The first-order valence-corrected chi connectivity index (χ1v) is 7.40. The summed E-state index contributed by atoms with van der Waals surface area (Å²) in [6.07, 6.45) is 6.57. The van der Waals surface area contributed by atoms with E-state index in [4.69, 9.17) is 4.99 Å². The molecule has 0 N–H and O–H groups in total. The highest BCUT2D eigenvalue weighted by Gasteiger charge is 2.07. The van der Waals surface area contributed by atoms with E-state index in [9.17, 15) is 0 Å². The van der Waals surface area contributed by atoms with Gasteiger partial charge in [0.25, 0.3) is 0 Å². The van der Waals surface area contributed by atoms with Crippen molar-refractivity contribution in [1.29, 1.82) is 0 Å². The van der Waals surface area contributed by atoms with E-state index < -0.39 is 0 Å². The number of allylic oxidation sites excluding steroid dienone is 3. The number of hydrogen-bond acceptors (Lipinski definition) is 1. The Kier molecular flexibility index (Phi) is 4.11. The van der Waals surface area contributed by atoms with Gasteiger partial charge in [0.05, 0.1) is 5.70 Å². The van der Waals surface area contributed by atoms with Gasteiger partial charge in [0, 0.05) is 11.3 Å². The van der Waals surface area contributed by atoms with Crippen molar-refractivity contribution in [2.24, 2.45) is 4.99 Å². The zero-order valence-corrected chi connectivity index (χ0v) is 12.3. The quantitative estimate of drug-likeness (QED) is 0.698. The van der Waals surface area contributed by atoms with Crippen LogP contribution in [0, 0.1) is 0 Å². The SMILES string of the molecule is CC1=N/C(c2ccccc2)=C\C(c2ccccc2)=C/CC1. The molecule has 0 unspecified atom stereocenters. The van der Waals surface area contributed by atoms with Crippen LogP contribution < -0.4 is 0 Å². The molecule has 104 valence electrons. The highest BCUT2D eigenvalue weighted by atomic mass is 14.8. The first-order valence-electron chi connectivity index (χ1n) is 7.40. The second kappa shape index (κ2) is 6.36. The molecule has 0 amide bonds.